The summed E-state index contributed by atoms with van der Waals surface area (Å²) in [6.07, 6.45) is 18.6. The first kappa shape index (κ1) is 27.4. The molecule has 0 saturated heterocycles. The minimum absolute atomic E-state index is 0.0140. The molecule has 6 aliphatic carbocycles. The molecule has 6 aliphatic rings. The summed E-state index contributed by atoms with van der Waals surface area (Å²) in [5.74, 6) is 0. The summed E-state index contributed by atoms with van der Waals surface area (Å²) in [5, 5.41) is 34.3. The first-order valence-electron chi connectivity index (χ1n) is 22.3. The summed E-state index contributed by atoms with van der Waals surface area (Å²) in [4.78, 5) is 0. The van der Waals surface area contributed by atoms with Crippen LogP contribution in [0.1, 0.15) is 109 Å². The fourth-order valence-electron chi connectivity index (χ4n) is 17.3. The van der Waals surface area contributed by atoms with Gasteiger partial charge in [0.2, 0.25) is 0 Å². The van der Waals surface area contributed by atoms with Crippen LogP contribution in [-0.4, -0.2) is 0 Å². The zero-order chi connectivity index (χ0) is 35.5. The molecule has 0 heteroatoms. The molecule has 18 rings (SSSR count). The van der Waals surface area contributed by atoms with Gasteiger partial charge in [-0.15, -0.1) is 0 Å². The topological polar surface area (TPSA) is 0 Å². The van der Waals surface area contributed by atoms with Gasteiger partial charge in [0.15, 0.2) is 0 Å². The molecule has 12 aromatic carbocycles. The van der Waals surface area contributed by atoms with Crippen LogP contribution in [0.4, 0.5) is 0 Å². The lowest BCUT2D eigenvalue weighted by atomic mass is 9.69. The lowest BCUT2D eigenvalue weighted by Gasteiger charge is -2.32. The Kier molecular flexibility index (Phi) is 3.85. The molecule has 0 heterocycles. The van der Waals surface area contributed by atoms with Gasteiger partial charge in [0.1, 0.15) is 0 Å². The molecule has 1 fully saturated rings. The standard InChI is InChI=1S/C56H38/c1-2-3-4-5-6-7-8-12-15-55(33-13-10-9-11-14-33)54-23-31-21-29-19-27-18-28-17-25-16-26-20-30-22-32(24-54)52-50-39(30)43-35(26)34(25)41-38(28)42-36(27)37(29)44-40(31)53(56(52,54)55)51-48(44)46(42)45(41)47(43)49(50)51/h9-11,13-14,16,18,20-22,24H,2-8,12,15,17,19,23H2,1H3. The molecule has 0 bridgehead atoms. The van der Waals surface area contributed by atoms with E-state index in [1.807, 2.05) is 0 Å². The van der Waals surface area contributed by atoms with Crippen molar-refractivity contribution in [3.8, 4) is 0 Å². The highest BCUT2D eigenvalue weighted by molar-refractivity contribution is 6.62. The van der Waals surface area contributed by atoms with Crippen LogP contribution >= 0.6 is 0 Å². The van der Waals surface area contributed by atoms with Gasteiger partial charge in [-0.3, -0.25) is 0 Å². The van der Waals surface area contributed by atoms with E-state index >= 15 is 0 Å². The molecule has 1 spiro atoms. The van der Waals surface area contributed by atoms with Crippen LogP contribution in [0, 0.1) is 5.41 Å². The van der Waals surface area contributed by atoms with Gasteiger partial charge in [0, 0.05) is 16.2 Å². The van der Waals surface area contributed by atoms with E-state index in [1.54, 1.807) is 147 Å². The van der Waals surface area contributed by atoms with E-state index in [1.165, 1.54) is 75.0 Å². The molecule has 0 amide bonds. The number of hydrogen-bond donors (Lipinski definition) is 0. The summed E-state index contributed by atoms with van der Waals surface area (Å²) in [6, 6.07) is 25.5. The summed E-state index contributed by atoms with van der Waals surface area (Å²) in [7, 11) is 0. The highest BCUT2D eigenvalue weighted by atomic mass is 14.9. The zero-order valence-electron chi connectivity index (χ0n) is 31.8. The Labute approximate surface area is 323 Å². The Morgan fingerprint density at radius 2 is 0.982 bits per heavy atom. The highest BCUT2D eigenvalue weighted by Crippen LogP contribution is 2.90. The highest BCUT2D eigenvalue weighted by Gasteiger charge is 2.90. The predicted octanol–water partition coefficient (Wildman–Crippen LogP) is 13.8. The summed E-state index contributed by atoms with van der Waals surface area (Å²) >= 11 is 0. The maximum atomic E-state index is 2.93. The predicted molar refractivity (Wildman–Crippen MR) is 236 cm³/mol. The van der Waals surface area contributed by atoms with Gasteiger partial charge in [0.05, 0.1) is 0 Å². The van der Waals surface area contributed by atoms with E-state index in [2.05, 4.69) is 73.7 Å². The monoisotopic (exact) mass is 710 g/mol. The van der Waals surface area contributed by atoms with Crippen molar-refractivity contribution < 1.29 is 0 Å². The van der Waals surface area contributed by atoms with Crippen LogP contribution in [0.5, 0.6) is 0 Å². The van der Waals surface area contributed by atoms with Crippen LogP contribution in [0.15, 0.2) is 60.7 Å². The zero-order valence-corrected chi connectivity index (χ0v) is 31.8. The molecular weight excluding hydrogens is 673 g/mol. The van der Waals surface area contributed by atoms with Gasteiger partial charge in [-0.05, 0) is 195 Å². The molecule has 56 heavy (non-hydrogen) atoms. The van der Waals surface area contributed by atoms with Crippen molar-refractivity contribution in [1.82, 2.24) is 0 Å². The summed E-state index contributed by atoms with van der Waals surface area (Å²) in [5.41, 5.74) is 13.4. The fourth-order valence-corrected chi connectivity index (χ4v) is 17.3. The van der Waals surface area contributed by atoms with Gasteiger partial charge in [-0.2, -0.15) is 0 Å². The Hall–Kier alpha value is -5.20. The van der Waals surface area contributed by atoms with Crippen LogP contribution in [0.3, 0.4) is 0 Å². The number of benzene rings is 8. The molecule has 3 unspecified atom stereocenters. The molecule has 12 aromatic rings. The van der Waals surface area contributed by atoms with Gasteiger partial charge >= 0.3 is 0 Å². The first-order valence-corrected chi connectivity index (χ1v) is 22.3. The van der Waals surface area contributed by atoms with Crippen LogP contribution in [0.2, 0.25) is 0 Å². The van der Waals surface area contributed by atoms with Crippen molar-refractivity contribution in [3.63, 3.8) is 0 Å². The lowest BCUT2D eigenvalue weighted by Crippen LogP contribution is -2.30. The van der Waals surface area contributed by atoms with E-state index in [0.717, 1.165) is 12.8 Å². The normalized spacial score (nSPS) is 24.6. The van der Waals surface area contributed by atoms with Gasteiger partial charge in [0.25, 0.3) is 0 Å². The Morgan fingerprint density at radius 3 is 1.75 bits per heavy atom. The Balaban J connectivity index is 1.07. The average molecular weight is 711 g/mol. The van der Waals surface area contributed by atoms with Gasteiger partial charge < -0.3 is 0 Å². The summed E-state index contributed by atoms with van der Waals surface area (Å²) in [6.45, 7) is 2.34. The maximum Gasteiger partial charge on any atom is 0.0436 e. The number of unbranched alkanes of at least 4 members (excludes halogenated alkanes) is 7. The molecule has 0 radical (unpaired) electrons. The van der Waals surface area contributed by atoms with Crippen molar-refractivity contribution in [1.29, 1.82) is 0 Å². The lowest BCUT2D eigenvalue weighted by molar-refractivity contribution is 0.455. The fraction of sp³-hybridized carbons (Fsp3) is 0.286. The molecule has 262 valence electrons. The molecule has 1 saturated carbocycles. The molecule has 0 nitrogen and oxygen atoms in total. The minimum atomic E-state index is -0.0140. The Bertz CT molecular complexity index is 3930. The van der Waals surface area contributed by atoms with E-state index in [-0.39, 0.29) is 16.2 Å². The molecule has 0 aromatic heterocycles. The molecule has 3 atom stereocenters. The Morgan fingerprint density at radius 1 is 0.446 bits per heavy atom. The second kappa shape index (κ2) is 7.86. The summed E-state index contributed by atoms with van der Waals surface area (Å²) < 4.78 is 0. The van der Waals surface area contributed by atoms with Crippen LogP contribution in [0.25, 0.3) is 114 Å². The van der Waals surface area contributed by atoms with Crippen molar-refractivity contribution in [2.45, 2.75) is 94.8 Å². The van der Waals surface area contributed by atoms with Gasteiger partial charge in [-0.25, -0.2) is 0 Å². The first-order chi connectivity index (χ1) is 27.7. The third-order valence-electron chi connectivity index (χ3n) is 18.4. The van der Waals surface area contributed by atoms with Crippen molar-refractivity contribution >= 4 is 114 Å². The van der Waals surface area contributed by atoms with Crippen molar-refractivity contribution in [2.75, 3.05) is 0 Å². The minimum Gasteiger partial charge on any atom is -0.0681 e. The number of hydrogen-bond acceptors (Lipinski definition) is 0. The third-order valence-corrected chi connectivity index (χ3v) is 18.4. The second-order valence-electron chi connectivity index (χ2n) is 20.1. The van der Waals surface area contributed by atoms with E-state index in [9.17, 15) is 0 Å². The van der Waals surface area contributed by atoms with E-state index in [0.29, 0.717) is 0 Å². The number of rotatable bonds is 10. The second-order valence-corrected chi connectivity index (χ2v) is 20.1. The quantitative estimate of drug-likeness (QED) is 0.0979. The maximum absolute atomic E-state index is 2.93. The van der Waals surface area contributed by atoms with E-state index in [4.69, 9.17) is 0 Å². The van der Waals surface area contributed by atoms with Crippen molar-refractivity contribution in [2.24, 2.45) is 5.41 Å². The molecule has 0 N–H and O–H groups in total. The molecular formula is C56H38. The average Bonchev–Trinajstić information content (AvgIpc) is 3.93. The largest absolute Gasteiger partial charge is 0.0681 e. The van der Waals surface area contributed by atoms with Crippen molar-refractivity contribution in [3.05, 3.63) is 110 Å². The van der Waals surface area contributed by atoms with Gasteiger partial charge in [-0.1, -0.05) is 113 Å². The third kappa shape index (κ3) is 2.17. The van der Waals surface area contributed by atoms with Crippen LogP contribution in [-0.2, 0) is 30.1 Å². The molecule has 0 aliphatic heterocycles. The SMILES string of the molecule is CCCCCCCCCCC1(c2ccccc2)C23C=c4cc5cc6cc7c8c6c6c5c5c4C21c1c2c(cc4c9c%10c(cc(c%11c%10c%10c(c1c5c6c%10c8%11)c29)C7)C4)C3. The van der Waals surface area contributed by atoms with Crippen LogP contribution < -0.4 is 5.22 Å². The van der Waals surface area contributed by atoms with E-state index < -0.39 is 0 Å². The smallest absolute Gasteiger partial charge is 0.0436 e.